The molecule has 1 aliphatic carbocycles. The van der Waals surface area contributed by atoms with Gasteiger partial charge < -0.3 is 14.6 Å². The second-order valence-corrected chi connectivity index (χ2v) is 7.18. The smallest absolute Gasteiger partial charge is 0.255 e. The van der Waals surface area contributed by atoms with E-state index in [4.69, 9.17) is 16.3 Å². The third-order valence-corrected chi connectivity index (χ3v) is 5.19. The minimum atomic E-state index is -0.149. The van der Waals surface area contributed by atoms with Crippen LogP contribution < -0.4 is 10.1 Å². The monoisotopic (exact) mass is 360 g/mol. The summed E-state index contributed by atoms with van der Waals surface area (Å²) in [5.74, 6) is 3.13. The van der Waals surface area contributed by atoms with Crippen molar-refractivity contribution in [3.8, 4) is 5.75 Å². The number of carbonyl (C=O) groups is 1. The molecule has 1 saturated carbocycles. The summed E-state index contributed by atoms with van der Waals surface area (Å²) in [5.41, 5.74) is 0.470. The third-order valence-electron chi connectivity index (χ3n) is 4.96. The van der Waals surface area contributed by atoms with Crippen LogP contribution in [0.5, 0.6) is 5.75 Å². The van der Waals surface area contributed by atoms with E-state index in [1.165, 1.54) is 12.8 Å². The molecule has 25 heavy (non-hydrogen) atoms. The van der Waals surface area contributed by atoms with Gasteiger partial charge in [0.25, 0.3) is 5.91 Å². The summed E-state index contributed by atoms with van der Waals surface area (Å²) >= 11 is 6.03. The Kier molecular flexibility index (Phi) is 4.37. The van der Waals surface area contributed by atoms with Gasteiger partial charge in [-0.1, -0.05) is 11.6 Å². The summed E-state index contributed by atoms with van der Waals surface area (Å²) in [6.45, 7) is 0.853. The number of halogens is 1. The van der Waals surface area contributed by atoms with Crippen LogP contribution in [0.25, 0.3) is 0 Å². The van der Waals surface area contributed by atoms with Gasteiger partial charge in [0.05, 0.1) is 12.7 Å². The van der Waals surface area contributed by atoms with E-state index < -0.39 is 0 Å². The van der Waals surface area contributed by atoms with Crippen molar-refractivity contribution in [2.24, 2.45) is 0 Å². The molecule has 1 aromatic heterocycles. The highest BCUT2D eigenvalue weighted by Crippen LogP contribution is 2.39. The van der Waals surface area contributed by atoms with Gasteiger partial charge in [0, 0.05) is 29.9 Å². The highest BCUT2D eigenvalue weighted by Gasteiger charge is 2.31. The Morgan fingerprint density at radius 3 is 2.88 bits per heavy atom. The molecule has 0 saturated heterocycles. The molecule has 1 aliphatic heterocycles. The van der Waals surface area contributed by atoms with Crippen LogP contribution in [0.1, 0.15) is 53.6 Å². The minimum Gasteiger partial charge on any atom is -0.496 e. The summed E-state index contributed by atoms with van der Waals surface area (Å²) < 4.78 is 7.53. The number of nitrogens with zero attached hydrogens (tertiary/aromatic N) is 3. The second-order valence-electron chi connectivity index (χ2n) is 6.74. The van der Waals surface area contributed by atoms with Crippen molar-refractivity contribution in [3.05, 3.63) is 40.4 Å². The van der Waals surface area contributed by atoms with Crippen LogP contribution in [0.3, 0.4) is 0 Å². The van der Waals surface area contributed by atoms with Crippen molar-refractivity contribution < 1.29 is 9.53 Å². The molecular formula is C18H21ClN4O2. The van der Waals surface area contributed by atoms with E-state index in [1.807, 2.05) is 0 Å². The quantitative estimate of drug-likeness (QED) is 0.910. The number of aryl methyl sites for hydroxylation is 1. The van der Waals surface area contributed by atoms with Gasteiger partial charge in [0.1, 0.15) is 17.4 Å². The standard InChI is InChI=1S/C18H21ClN4O2/c1-25-15-6-4-12(19)10-14(15)18(24)20-13-5-7-16-21-22-17(11-2-3-11)23(16)9-8-13/h4,6,10-11,13H,2-3,5,7-9H2,1H3,(H,20,24). The van der Waals surface area contributed by atoms with E-state index in [1.54, 1.807) is 25.3 Å². The van der Waals surface area contributed by atoms with Gasteiger partial charge in [-0.15, -0.1) is 10.2 Å². The van der Waals surface area contributed by atoms with Crippen molar-refractivity contribution in [3.63, 3.8) is 0 Å². The van der Waals surface area contributed by atoms with Crippen molar-refractivity contribution in [2.45, 2.75) is 50.6 Å². The van der Waals surface area contributed by atoms with Crippen LogP contribution >= 0.6 is 11.6 Å². The largest absolute Gasteiger partial charge is 0.496 e. The first-order chi connectivity index (χ1) is 12.2. The number of hydrogen-bond donors (Lipinski definition) is 1. The summed E-state index contributed by atoms with van der Waals surface area (Å²) in [6, 6.07) is 5.18. The van der Waals surface area contributed by atoms with Crippen molar-refractivity contribution in [1.82, 2.24) is 20.1 Å². The van der Waals surface area contributed by atoms with Crippen molar-refractivity contribution >= 4 is 17.5 Å². The molecule has 6 nitrogen and oxygen atoms in total. The molecule has 1 unspecified atom stereocenters. The zero-order valence-electron chi connectivity index (χ0n) is 14.2. The fraction of sp³-hybridized carbons (Fsp3) is 0.500. The molecular weight excluding hydrogens is 340 g/mol. The predicted molar refractivity (Wildman–Crippen MR) is 94.2 cm³/mol. The van der Waals surface area contributed by atoms with Crippen LogP contribution in [0, 0.1) is 0 Å². The predicted octanol–water partition coefficient (Wildman–Crippen LogP) is 2.95. The number of fused-ring (bicyclic) bond motifs is 1. The molecule has 0 spiro atoms. The van der Waals surface area contributed by atoms with E-state index >= 15 is 0 Å². The minimum absolute atomic E-state index is 0.102. The molecule has 132 valence electrons. The Balaban J connectivity index is 1.45. The fourth-order valence-corrected chi connectivity index (χ4v) is 3.59. The second kappa shape index (κ2) is 6.67. The number of nitrogens with one attached hydrogen (secondary N) is 1. The molecule has 1 amide bonds. The van der Waals surface area contributed by atoms with Gasteiger partial charge in [-0.2, -0.15) is 0 Å². The van der Waals surface area contributed by atoms with Crippen LogP contribution in [-0.4, -0.2) is 33.8 Å². The van der Waals surface area contributed by atoms with Gasteiger partial charge in [0.15, 0.2) is 0 Å². The Morgan fingerprint density at radius 2 is 2.12 bits per heavy atom. The zero-order valence-corrected chi connectivity index (χ0v) is 14.9. The lowest BCUT2D eigenvalue weighted by molar-refractivity contribution is 0.0930. The molecule has 0 radical (unpaired) electrons. The zero-order chi connectivity index (χ0) is 17.4. The maximum absolute atomic E-state index is 12.7. The molecule has 1 aromatic carbocycles. The number of hydrogen-bond acceptors (Lipinski definition) is 4. The number of amides is 1. The normalized spacial score (nSPS) is 19.8. The lowest BCUT2D eigenvalue weighted by Gasteiger charge is -2.17. The number of rotatable bonds is 4. The first kappa shape index (κ1) is 16.4. The number of ether oxygens (including phenoxy) is 1. The van der Waals surface area contributed by atoms with Crippen LogP contribution in [0.4, 0.5) is 0 Å². The van der Waals surface area contributed by atoms with E-state index in [0.717, 1.165) is 37.5 Å². The van der Waals surface area contributed by atoms with Crippen LogP contribution in [0.15, 0.2) is 18.2 Å². The lowest BCUT2D eigenvalue weighted by atomic mass is 10.1. The number of carbonyl (C=O) groups excluding carboxylic acids is 1. The van der Waals surface area contributed by atoms with Gasteiger partial charge in [-0.3, -0.25) is 4.79 Å². The first-order valence-electron chi connectivity index (χ1n) is 8.72. The highest BCUT2D eigenvalue weighted by molar-refractivity contribution is 6.31. The maximum Gasteiger partial charge on any atom is 0.255 e. The van der Waals surface area contributed by atoms with E-state index in [2.05, 4.69) is 20.1 Å². The molecule has 2 aliphatic rings. The van der Waals surface area contributed by atoms with Gasteiger partial charge >= 0.3 is 0 Å². The third kappa shape index (κ3) is 3.35. The van der Waals surface area contributed by atoms with E-state index in [9.17, 15) is 4.79 Å². The van der Waals surface area contributed by atoms with E-state index in [-0.39, 0.29) is 11.9 Å². The molecule has 7 heteroatoms. The first-order valence-corrected chi connectivity index (χ1v) is 9.10. The van der Waals surface area contributed by atoms with Gasteiger partial charge in [-0.25, -0.2) is 0 Å². The molecule has 1 atom stereocenters. The molecule has 2 aromatic rings. The topological polar surface area (TPSA) is 69.0 Å². The van der Waals surface area contributed by atoms with Crippen LogP contribution in [0.2, 0.25) is 5.02 Å². The maximum atomic E-state index is 12.7. The van der Waals surface area contributed by atoms with Crippen LogP contribution in [-0.2, 0) is 13.0 Å². The SMILES string of the molecule is COc1ccc(Cl)cc1C(=O)NC1CCc2nnc(C3CC3)n2CC1. The number of benzene rings is 1. The molecule has 1 fully saturated rings. The fourth-order valence-electron chi connectivity index (χ4n) is 3.42. The van der Waals surface area contributed by atoms with Crippen molar-refractivity contribution in [2.75, 3.05) is 7.11 Å². The molecule has 0 bridgehead atoms. The van der Waals surface area contributed by atoms with Gasteiger partial charge in [0.2, 0.25) is 0 Å². The van der Waals surface area contributed by atoms with Gasteiger partial charge in [-0.05, 0) is 43.9 Å². The molecule has 4 rings (SSSR count). The highest BCUT2D eigenvalue weighted by atomic mass is 35.5. The number of methoxy groups -OCH3 is 1. The Bertz CT molecular complexity index is 800. The average Bonchev–Trinajstić information content (AvgIpc) is 3.41. The summed E-state index contributed by atoms with van der Waals surface area (Å²) in [6.07, 6.45) is 4.99. The summed E-state index contributed by atoms with van der Waals surface area (Å²) in [5, 5.41) is 12.4. The number of aromatic nitrogens is 3. The molecule has 2 heterocycles. The summed E-state index contributed by atoms with van der Waals surface area (Å²) in [7, 11) is 1.55. The Hall–Kier alpha value is -2.08. The summed E-state index contributed by atoms with van der Waals surface area (Å²) in [4.78, 5) is 12.7. The average molecular weight is 361 g/mol. The van der Waals surface area contributed by atoms with Crippen molar-refractivity contribution in [1.29, 1.82) is 0 Å². The Labute approximate surface area is 151 Å². The Morgan fingerprint density at radius 1 is 1.28 bits per heavy atom. The van der Waals surface area contributed by atoms with E-state index in [0.29, 0.717) is 22.3 Å². The lowest BCUT2D eigenvalue weighted by Crippen LogP contribution is -2.35. The molecule has 1 N–H and O–H groups in total.